The largest absolute Gasteiger partial charge is 0.497 e. The van der Waals surface area contributed by atoms with Crippen LogP contribution >= 0.6 is 11.3 Å². The maximum Gasteiger partial charge on any atom is 0.263 e. The molecule has 3 rings (SSSR count). The Labute approximate surface area is 160 Å². The van der Waals surface area contributed by atoms with Crippen LogP contribution in [0, 0.1) is 13.8 Å². The third-order valence-electron chi connectivity index (χ3n) is 4.01. The van der Waals surface area contributed by atoms with Gasteiger partial charge in [-0.2, -0.15) is 0 Å². The number of hydrogen-bond acceptors (Lipinski definition) is 6. The molecule has 2 heterocycles. The quantitative estimate of drug-likeness (QED) is 0.705. The van der Waals surface area contributed by atoms with Gasteiger partial charge in [-0.3, -0.25) is 14.2 Å². The van der Waals surface area contributed by atoms with E-state index in [1.807, 2.05) is 38.1 Å². The highest BCUT2D eigenvalue weighted by atomic mass is 32.1. The first kappa shape index (κ1) is 18.8. The lowest BCUT2D eigenvalue weighted by atomic mass is 10.1. The second kappa shape index (κ2) is 8.13. The van der Waals surface area contributed by atoms with Crippen molar-refractivity contribution in [3.05, 3.63) is 62.6 Å². The molecule has 140 valence electrons. The Morgan fingerprint density at radius 3 is 2.59 bits per heavy atom. The molecule has 3 aromatic rings. The van der Waals surface area contributed by atoms with Crippen molar-refractivity contribution in [3.8, 4) is 17.0 Å². The number of carbonyl (C=O) groups excluding carboxylic acids is 1. The zero-order valence-corrected chi connectivity index (χ0v) is 16.2. The highest BCUT2D eigenvalue weighted by molar-refractivity contribution is 7.13. The molecule has 7 nitrogen and oxygen atoms in total. The first-order chi connectivity index (χ1) is 13.0. The second-order valence-electron chi connectivity index (χ2n) is 5.94. The first-order valence-corrected chi connectivity index (χ1v) is 9.22. The van der Waals surface area contributed by atoms with Crippen LogP contribution in [0.5, 0.6) is 5.75 Å². The molecule has 1 N–H and O–H groups in total. The number of carbonyl (C=O) groups is 1. The van der Waals surface area contributed by atoms with E-state index in [0.717, 1.165) is 22.0 Å². The third kappa shape index (κ3) is 4.40. The number of methoxy groups -OCH3 is 1. The van der Waals surface area contributed by atoms with Gasteiger partial charge in [0.15, 0.2) is 0 Å². The fourth-order valence-electron chi connectivity index (χ4n) is 2.63. The monoisotopic (exact) mass is 384 g/mol. The van der Waals surface area contributed by atoms with E-state index in [1.165, 1.54) is 28.3 Å². The number of nitrogens with one attached hydrogen (secondary N) is 1. The van der Waals surface area contributed by atoms with Crippen molar-refractivity contribution in [2.45, 2.75) is 20.4 Å². The van der Waals surface area contributed by atoms with Crippen molar-refractivity contribution < 1.29 is 9.53 Å². The van der Waals surface area contributed by atoms with Crippen LogP contribution in [0.15, 0.2) is 41.5 Å². The van der Waals surface area contributed by atoms with Gasteiger partial charge in [-0.25, -0.2) is 9.97 Å². The van der Waals surface area contributed by atoms with Gasteiger partial charge in [-0.05, 0) is 38.1 Å². The summed E-state index contributed by atoms with van der Waals surface area (Å²) in [5.41, 5.74) is 1.98. The van der Waals surface area contributed by atoms with E-state index in [2.05, 4.69) is 15.3 Å². The summed E-state index contributed by atoms with van der Waals surface area (Å²) in [6.45, 7) is 4.35. The number of hydrogen-bond donors (Lipinski definition) is 1. The number of aryl methyl sites for hydroxylation is 2. The lowest BCUT2D eigenvalue weighted by Crippen LogP contribution is -2.30. The zero-order chi connectivity index (χ0) is 19.4. The van der Waals surface area contributed by atoms with E-state index in [4.69, 9.17) is 4.74 Å². The van der Waals surface area contributed by atoms with Crippen molar-refractivity contribution in [2.75, 3.05) is 13.7 Å². The molecular weight excluding hydrogens is 364 g/mol. The van der Waals surface area contributed by atoms with Crippen LogP contribution < -0.4 is 15.6 Å². The molecule has 0 aliphatic carbocycles. The van der Waals surface area contributed by atoms with Gasteiger partial charge in [0.1, 0.15) is 10.6 Å². The number of thiazole rings is 1. The van der Waals surface area contributed by atoms with Gasteiger partial charge in [0.2, 0.25) is 0 Å². The molecule has 0 bridgehead atoms. The Kier molecular flexibility index (Phi) is 5.66. The van der Waals surface area contributed by atoms with Gasteiger partial charge in [0.05, 0.1) is 29.8 Å². The summed E-state index contributed by atoms with van der Waals surface area (Å²) >= 11 is 1.36. The van der Waals surface area contributed by atoms with Gasteiger partial charge >= 0.3 is 0 Å². The molecule has 0 fully saturated rings. The van der Waals surface area contributed by atoms with Crippen molar-refractivity contribution in [3.63, 3.8) is 0 Å². The topological polar surface area (TPSA) is 86.1 Å². The molecule has 0 unspecified atom stereocenters. The Bertz CT molecular complexity index is 1010. The van der Waals surface area contributed by atoms with Gasteiger partial charge in [-0.1, -0.05) is 0 Å². The number of nitrogens with zero attached hydrogens (tertiary/aromatic N) is 3. The van der Waals surface area contributed by atoms with Gasteiger partial charge < -0.3 is 10.1 Å². The van der Waals surface area contributed by atoms with Crippen LogP contribution in [-0.4, -0.2) is 34.1 Å². The molecule has 0 saturated carbocycles. The van der Waals surface area contributed by atoms with E-state index >= 15 is 0 Å². The fourth-order valence-corrected chi connectivity index (χ4v) is 3.46. The maximum absolute atomic E-state index is 12.3. The lowest BCUT2D eigenvalue weighted by Gasteiger charge is -2.08. The molecule has 2 aromatic heterocycles. The van der Waals surface area contributed by atoms with Crippen molar-refractivity contribution >= 4 is 17.2 Å². The van der Waals surface area contributed by atoms with Crippen LogP contribution in [0.3, 0.4) is 0 Å². The summed E-state index contributed by atoms with van der Waals surface area (Å²) in [6.07, 6.45) is 1.50. The second-order valence-corrected chi connectivity index (χ2v) is 7.14. The molecule has 1 amide bonds. The predicted molar refractivity (Wildman–Crippen MR) is 104 cm³/mol. The normalized spacial score (nSPS) is 10.6. The predicted octanol–water partition coefficient (Wildman–Crippen LogP) is 2.42. The van der Waals surface area contributed by atoms with E-state index < -0.39 is 0 Å². The Hall–Kier alpha value is -3.00. The van der Waals surface area contributed by atoms with Crippen LogP contribution in [0.4, 0.5) is 0 Å². The summed E-state index contributed by atoms with van der Waals surface area (Å²) in [5, 5.41) is 3.67. The van der Waals surface area contributed by atoms with E-state index in [9.17, 15) is 9.59 Å². The molecule has 8 heteroatoms. The van der Waals surface area contributed by atoms with Gasteiger partial charge in [0, 0.05) is 24.7 Å². The van der Waals surface area contributed by atoms with E-state index in [1.54, 1.807) is 7.11 Å². The fraction of sp³-hybridized carbons (Fsp3) is 0.263. The van der Waals surface area contributed by atoms with Crippen LogP contribution in [0.25, 0.3) is 11.3 Å². The smallest absolute Gasteiger partial charge is 0.263 e. The van der Waals surface area contributed by atoms with Crippen LogP contribution in [-0.2, 0) is 6.54 Å². The minimum absolute atomic E-state index is 0.171. The molecule has 0 saturated heterocycles. The average Bonchev–Trinajstić information content (AvgIpc) is 3.01. The molecule has 0 aliphatic heterocycles. The lowest BCUT2D eigenvalue weighted by molar-refractivity contribution is 0.0955. The molecule has 0 atom stereocenters. The molecule has 27 heavy (non-hydrogen) atoms. The van der Waals surface area contributed by atoms with Crippen LogP contribution in [0.1, 0.15) is 20.4 Å². The SMILES string of the molecule is COc1ccc(-c2cc(=O)n(CCNC(=O)c3sc(C)nc3C)cn2)cc1. The zero-order valence-electron chi connectivity index (χ0n) is 15.4. The molecule has 0 aliphatic rings. The number of ether oxygens (including phenoxy) is 1. The first-order valence-electron chi connectivity index (χ1n) is 8.41. The minimum atomic E-state index is -0.172. The number of amides is 1. The van der Waals surface area contributed by atoms with Gasteiger partial charge in [-0.15, -0.1) is 11.3 Å². The maximum atomic E-state index is 12.3. The van der Waals surface area contributed by atoms with E-state index in [0.29, 0.717) is 23.7 Å². The number of rotatable bonds is 6. The van der Waals surface area contributed by atoms with E-state index in [-0.39, 0.29) is 11.5 Å². The molecule has 1 aromatic carbocycles. The molecule has 0 spiro atoms. The average molecular weight is 384 g/mol. The summed E-state index contributed by atoms with van der Waals surface area (Å²) in [7, 11) is 1.60. The minimum Gasteiger partial charge on any atom is -0.497 e. The Morgan fingerprint density at radius 1 is 1.26 bits per heavy atom. The Morgan fingerprint density at radius 2 is 2.00 bits per heavy atom. The highest BCUT2D eigenvalue weighted by Crippen LogP contribution is 2.19. The number of benzene rings is 1. The standard InChI is InChI=1S/C19H20N4O3S/c1-12-18(27-13(2)22-12)19(25)20-8-9-23-11-21-16(10-17(23)24)14-4-6-15(26-3)7-5-14/h4-7,10-11H,8-9H2,1-3H3,(H,20,25). The molecule has 0 radical (unpaired) electrons. The van der Waals surface area contributed by atoms with Crippen LogP contribution in [0.2, 0.25) is 0 Å². The van der Waals surface area contributed by atoms with Crippen molar-refractivity contribution in [1.29, 1.82) is 0 Å². The third-order valence-corrected chi connectivity index (χ3v) is 5.08. The van der Waals surface area contributed by atoms with Crippen molar-refractivity contribution in [2.24, 2.45) is 0 Å². The highest BCUT2D eigenvalue weighted by Gasteiger charge is 2.13. The summed E-state index contributed by atoms with van der Waals surface area (Å²) < 4.78 is 6.60. The summed E-state index contributed by atoms with van der Waals surface area (Å²) in [6, 6.07) is 8.83. The number of aromatic nitrogens is 3. The molecular formula is C19H20N4O3S. The van der Waals surface area contributed by atoms with Gasteiger partial charge in [0.25, 0.3) is 11.5 Å². The summed E-state index contributed by atoms with van der Waals surface area (Å²) in [4.78, 5) is 33.7. The summed E-state index contributed by atoms with van der Waals surface area (Å²) in [5.74, 6) is 0.572. The Balaban J connectivity index is 1.63. The van der Waals surface area contributed by atoms with Crippen molar-refractivity contribution in [1.82, 2.24) is 19.9 Å².